The van der Waals surface area contributed by atoms with Crippen molar-refractivity contribution in [2.45, 2.75) is 51.5 Å². The van der Waals surface area contributed by atoms with Crippen LogP contribution in [0.3, 0.4) is 0 Å². The van der Waals surface area contributed by atoms with Crippen LogP contribution in [0, 0.1) is 0 Å². The van der Waals surface area contributed by atoms with Crippen molar-refractivity contribution >= 4 is 24.3 Å². The molecule has 0 heterocycles. The topological polar surface area (TPSA) is 81.4 Å². The monoisotopic (exact) mass is 280 g/mol. The van der Waals surface area contributed by atoms with Gasteiger partial charge < -0.3 is 15.8 Å². The van der Waals surface area contributed by atoms with Gasteiger partial charge in [-0.15, -0.1) is 12.4 Å². The summed E-state index contributed by atoms with van der Waals surface area (Å²) >= 11 is 0. The van der Waals surface area contributed by atoms with E-state index >= 15 is 0 Å². The Labute approximate surface area is 115 Å². The van der Waals surface area contributed by atoms with Gasteiger partial charge >= 0.3 is 5.97 Å². The quantitative estimate of drug-likeness (QED) is 0.658. The summed E-state index contributed by atoms with van der Waals surface area (Å²) in [6, 6.07) is 0. The Bertz CT molecular complexity index is 256. The second-order valence-electron chi connectivity index (χ2n) is 4.18. The first-order valence-electron chi connectivity index (χ1n) is 6.11. The van der Waals surface area contributed by atoms with Crippen LogP contribution in [0.5, 0.6) is 0 Å². The van der Waals surface area contributed by atoms with Crippen LogP contribution >= 0.6 is 12.4 Å². The molecule has 0 aliphatic heterocycles. The van der Waals surface area contributed by atoms with Crippen LogP contribution in [0.2, 0.25) is 0 Å². The third-order valence-electron chi connectivity index (χ3n) is 3.08. The predicted octanol–water partition coefficient (Wildman–Crippen LogP) is 1.39. The molecule has 3 N–H and O–H groups in total. The fraction of sp³-hybridized carbons (Fsp3) is 0.833. The molecule has 0 aliphatic carbocycles. The van der Waals surface area contributed by atoms with Gasteiger partial charge in [-0.05, 0) is 25.8 Å². The van der Waals surface area contributed by atoms with E-state index in [0.29, 0.717) is 32.2 Å². The molecule has 108 valence electrons. The number of carbonyl (C=O) groups excluding carboxylic acids is 2. The molecule has 0 aromatic heterocycles. The normalized spacial score (nSPS) is 10.4. The van der Waals surface area contributed by atoms with Crippen molar-refractivity contribution in [3.8, 4) is 0 Å². The molecule has 0 radical (unpaired) electrons. The molecule has 18 heavy (non-hydrogen) atoms. The lowest BCUT2D eigenvalue weighted by molar-refractivity contribution is -0.142. The number of amides is 1. The molecule has 0 saturated heterocycles. The second-order valence-corrected chi connectivity index (χ2v) is 4.18. The lowest BCUT2D eigenvalue weighted by Gasteiger charge is -2.31. The highest BCUT2D eigenvalue weighted by Crippen LogP contribution is 2.20. The minimum Gasteiger partial charge on any atom is -0.469 e. The summed E-state index contributed by atoms with van der Waals surface area (Å²) < 4.78 is 4.66. The highest BCUT2D eigenvalue weighted by atomic mass is 35.5. The SMILES string of the molecule is CCC(CC)(CC(=O)OC)NC(=O)CCCN.Cl. The van der Waals surface area contributed by atoms with Crippen LogP contribution in [0.25, 0.3) is 0 Å². The number of ether oxygens (including phenoxy) is 1. The van der Waals surface area contributed by atoms with E-state index in [2.05, 4.69) is 10.1 Å². The van der Waals surface area contributed by atoms with E-state index in [-0.39, 0.29) is 30.7 Å². The number of hydrogen-bond acceptors (Lipinski definition) is 4. The maximum atomic E-state index is 11.7. The van der Waals surface area contributed by atoms with Gasteiger partial charge in [-0.25, -0.2) is 0 Å². The first-order valence-corrected chi connectivity index (χ1v) is 6.11. The summed E-state index contributed by atoms with van der Waals surface area (Å²) in [5.41, 5.74) is 4.87. The van der Waals surface area contributed by atoms with Crippen LogP contribution in [0.4, 0.5) is 0 Å². The number of nitrogens with one attached hydrogen (secondary N) is 1. The molecular formula is C12H25ClN2O3. The Hall–Kier alpha value is -0.810. The molecular weight excluding hydrogens is 256 g/mol. The smallest absolute Gasteiger partial charge is 0.307 e. The molecule has 0 aromatic rings. The van der Waals surface area contributed by atoms with Crippen molar-refractivity contribution in [2.75, 3.05) is 13.7 Å². The van der Waals surface area contributed by atoms with Gasteiger partial charge in [-0.1, -0.05) is 13.8 Å². The van der Waals surface area contributed by atoms with E-state index in [0.717, 1.165) is 0 Å². The fourth-order valence-corrected chi connectivity index (χ4v) is 1.69. The Kier molecular flexibility index (Phi) is 11.0. The number of esters is 1. The van der Waals surface area contributed by atoms with E-state index in [1.54, 1.807) is 0 Å². The van der Waals surface area contributed by atoms with Gasteiger partial charge in [0.15, 0.2) is 0 Å². The molecule has 0 fully saturated rings. The molecule has 0 saturated carbocycles. The van der Waals surface area contributed by atoms with Gasteiger partial charge in [0.1, 0.15) is 0 Å². The summed E-state index contributed by atoms with van der Waals surface area (Å²) in [5, 5.41) is 2.93. The first-order chi connectivity index (χ1) is 8.03. The van der Waals surface area contributed by atoms with Crippen molar-refractivity contribution in [2.24, 2.45) is 5.73 Å². The third kappa shape index (κ3) is 6.81. The largest absolute Gasteiger partial charge is 0.469 e. The zero-order valence-corrected chi connectivity index (χ0v) is 12.3. The molecule has 1 amide bonds. The van der Waals surface area contributed by atoms with Crippen molar-refractivity contribution < 1.29 is 14.3 Å². The van der Waals surface area contributed by atoms with E-state index < -0.39 is 5.54 Å². The van der Waals surface area contributed by atoms with Crippen molar-refractivity contribution in [3.05, 3.63) is 0 Å². The minimum atomic E-state index is -0.487. The van der Waals surface area contributed by atoms with Gasteiger partial charge in [0.25, 0.3) is 0 Å². The Morgan fingerprint density at radius 1 is 1.28 bits per heavy atom. The van der Waals surface area contributed by atoms with Gasteiger partial charge in [-0.3, -0.25) is 9.59 Å². The maximum Gasteiger partial charge on any atom is 0.307 e. The molecule has 0 unspecified atom stereocenters. The molecule has 0 aromatic carbocycles. The Balaban J connectivity index is 0. The van der Waals surface area contributed by atoms with Gasteiger partial charge in [0, 0.05) is 12.0 Å². The summed E-state index contributed by atoms with van der Waals surface area (Å²) in [5.74, 6) is -0.351. The lowest BCUT2D eigenvalue weighted by Crippen LogP contribution is -2.49. The number of hydrogen-bond donors (Lipinski definition) is 2. The standard InChI is InChI=1S/C12H24N2O3.ClH/c1-4-12(5-2,9-11(16)17-3)14-10(15)7-6-8-13;/h4-9,13H2,1-3H3,(H,14,15);1H. The minimum absolute atomic E-state index is 0. The highest BCUT2D eigenvalue weighted by molar-refractivity contribution is 5.85. The van der Waals surface area contributed by atoms with Crippen molar-refractivity contribution in [3.63, 3.8) is 0 Å². The van der Waals surface area contributed by atoms with Crippen LogP contribution < -0.4 is 11.1 Å². The number of carbonyl (C=O) groups is 2. The van der Waals surface area contributed by atoms with E-state index in [1.807, 2.05) is 13.8 Å². The van der Waals surface area contributed by atoms with Gasteiger partial charge in [0.2, 0.25) is 5.91 Å². The molecule has 5 nitrogen and oxygen atoms in total. The zero-order valence-electron chi connectivity index (χ0n) is 11.5. The maximum absolute atomic E-state index is 11.7. The number of rotatable bonds is 8. The van der Waals surface area contributed by atoms with E-state index in [1.165, 1.54) is 7.11 Å². The Morgan fingerprint density at radius 2 is 1.83 bits per heavy atom. The fourth-order valence-electron chi connectivity index (χ4n) is 1.69. The lowest BCUT2D eigenvalue weighted by atomic mass is 9.88. The Morgan fingerprint density at radius 3 is 2.22 bits per heavy atom. The number of nitrogens with two attached hydrogens (primary N) is 1. The van der Waals surface area contributed by atoms with Crippen LogP contribution in [0.15, 0.2) is 0 Å². The predicted molar refractivity (Wildman–Crippen MR) is 73.6 cm³/mol. The second kappa shape index (κ2) is 10.1. The summed E-state index contributed by atoms with van der Waals surface area (Å²) in [4.78, 5) is 23.0. The van der Waals surface area contributed by atoms with E-state index in [9.17, 15) is 9.59 Å². The van der Waals surface area contributed by atoms with E-state index in [4.69, 9.17) is 5.73 Å². The molecule has 0 rings (SSSR count). The zero-order chi connectivity index (χ0) is 13.3. The number of halogens is 1. The van der Waals surface area contributed by atoms with Crippen molar-refractivity contribution in [1.29, 1.82) is 0 Å². The number of methoxy groups -OCH3 is 1. The van der Waals surface area contributed by atoms with Crippen LogP contribution in [-0.4, -0.2) is 31.1 Å². The molecule has 0 bridgehead atoms. The summed E-state index contributed by atoms with van der Waals surface area (Å²) in [7, 11) is 1.36. The van der Waals surface area contributed by atoms with Crippen molar-refractivity contribution in [1.82, 2.24) is 5.32 Å². The average molecular weight is 281 g/mol. The molecule has 0 spiro atoms. The molecule has 0 atom stereocenters. The van der Waals surface area contributed by atoms with Crippen LogP contribution in [0.1, 0.15) is 46.0 Å². The van der Waals surface area contributed by atoms with Gasteiger partial charge in [-0.2, -0.15) is 0 Å². The van der Waals surface area contributed by atoms with Crippen LogP contribution in [-0.2, 0) is 14.3 Å². The first kappa shape index (κ1) is 19.5. The summed E-state index contributed by atoms with van der Waals surface area (Å²) in [6.45, 7) is 4.40. The average Bonchev–Trinajstić information content (AvgIpc) is 2.35. The van der Waals surface area contributed by atoms with Gasteiger partial charge in [0.05, 0.1) is 13.5 Å². The summed E-state index contributed by atoms with van der Waals surface area (Å²) in [6.07, 6.45) is 2.68. The molecule has 6 heteroatoms. The highest BCUT2D eigenvalue weighted by Gasteiger charge is 2.31. The third-order valence-corrected chi connectivity index (χ3v) is 3.08. The molecule has 0 aliphatic rings.